The standard InChI is InChI=1S/C23H35NO4/c1-2-3-4-7-19(25)12-11-17-9-10-18-13-20-16(14-23(17,18)24)6-5-8-21(20)28-15-22(26)27/h5-6,8,17-19,25H,2-4,7,9-15,24H2,1H3,(H,26,27)/t17-,18?,19+,23?/m1/s1. The molecule has 5 nitrogen and oxygen atoms in total. The van der Waals surface area contributed by atoms with Crippen LogP contribution in [0.1, 0.15) is 69.4 Å². The van der Waals surface area contributed by atoms with Crippen LogP contribution in [-0.4, -0.2) is 34.4 Å². The van der Waals surface area contributed by atoms with Crippen LogP contribution in [0.3, 0.4) is 0 Å². The van der Waals surface area contributed by atoms with Crippen LogP contribution in [0.2, 0.25) is 0 Å². The molecule has 2 unspecified atom stereocenters. The van der Waals surface area contributed by atoms with Gasteiger partial charge in [-0.15, -0.1) is 0 Å². The number of fused-ring (bicyclic) bond motifs is 2. The highest BCUT2D eigenvalue weighted by atomic mass is 16.5. The molecule has 0 amide bonds. The number of aliphatic carboxylic acids is 1. The topological polar surface area (TPSA) is 92.8 Å². The smallest absolute Gasteiger partial charge is 0.341 e. The first kappa shape index (κ1) is 21.1. The highest BCUT2D eigenvalue weighted by molar-refractivity contribution is 5.68. The maximum atomic E-state index is 10.9. The van der Waals surface area contributed by atoms with Crippen molar-refractivity contribution in [3.8, 4) is 5.75 Å². The summed E-state index contributed by atoms with van der Waals surface area (Å²) in [4.78, 5) is 10.9. The summed E-state index contributed by atoms with van der Waals surface area (Å²) in [5.74, 6) is 0.573. The monoisotopic (exact) mass is 389 g/mol. The molecular weight excluding hydrogens is 354 g/mol. The second-order valence-electron chi connectivity index (χ2n) is 8.77. The van der Waals surface area contributed by atoms with Gasteiger partial charge in [-0.05, 0) is 74.0 Å². The van der Waals surface area contributed by atoms with E-state index in [0.29, 0.717) is 17.6 Å². The molecule has 156 valence electrons. The SMILES string of the molecule is CCCCC[C@H](O)CC[C@H]1CCC2Cc3c(cccc3OCC(=O)O)CC21N. The van der Waals surface area contributed by atoms with Crippen molar-refractivity contribution in [1.82, 2.24) is 0 Å². The molecule has 28 heavy (non-hydrogen) atoms. The zero-order valence-electron chi connectivity index (χ0n) is 17.0. The number of carbonyl (C=O) groups is 1. The molecule has 0 bridgehead atoms. The lowest BCUT2D eigenvalue weighted by Crippen LogP contribution is -2.53. The summed E-state index contributed by atoms with van der Waals surface area (Å²) in [5, 5.41) is 19.2. The van der Waals surface area contributed by atoms with Crippen LogP contribution in [0.4, 0.5) is 0 Å². The summed E-state index contributed by atoms with van der Waals surface area (Å²) < 4.78 is 5.53. The number of hydrogen-bond donors (Lipinski definition) is 3. The van der Waals surface area contributed by atoms with Crippen molar-refractivity contribution in [2.45, 2.75) is 82.8 Å². The average molecular weight is 390 g/mol. The fourth-order valence-electron chi connectivity index (χ4n) is 5.29. The van der Waals surface area contributed by atoms with Crippen LogP contribution in [-0.2, 0) is 17.6 Å². The van der Waals surface area contributed by atoms with Gasteiger partial charge < -0.3 is 20.7 Å². The minimum atomic E-state index is -0.958. The third kappa shape index (κ3) is 4.69. The molecule has 4 atom stereocenters. The molecule has 2 aliphatic carbocycles. The summed E-state index contributed by atoms with van der Waals surface area (Å²) in [7, 11) is 0. The van der Waals surface area contributed by atoms with Gasteiger partial charge in [0.15, 0.2) is 6.61 Å². The van der Waals surface area contributed by atoms with Crippen LogP contribution in [0.25, 0.3) is 0 Å². The number of rotatable bonds is 10. The fraction of sp³-hybridized carbons (Fsp3) is 0.696. The van der Waals surface area contributed by atoms with E-state index in [0.717, 1.165) is 56.9 Å². The average Bonchev–Trinajstić information content (AvgIpc) is 2.98. The Balaban J connectivity index is 1.64. The van der Waals surface area contributed by atoms with Gasteiger partial charge in [-0.1, -0.05) is 38.3 Å². The van der Waals surface area contributed by atoms with Gasteiger partial charge in [0.1, 0.15) is 5.75 Å². The van der Waals surface area contributed by atoms with Gasteiger partial charge in [0.05, 0.1) is 6.10 Å². The van der Waals surface area contributed by atoms with Crippen LogP contribution < -0.4 is 10.5 Å². The summed E-state index contributed by atoms with van der Waals surface area (Å²) in [6.07, 6.45) is 9.88. The van der Waals surface area contributed by atoms with Crippen molar-refractivity contribution >= 4 is 5.97 Å². The maximum absolute atomic E-state index is 10.9. The van der Waals surface area contributed by atoms with Gasteiger partial charge in [0.25, 0.3) is 0 Å². The van der Waals surface area contributed by atoms with Crippen molar-refractivity contribution in [1.29, 1.82) is 0 Å². The zero-order chi connectivity index (χ0) is 20.1. The molecule has 4 N–H and O–H groups in total. The molecular formula is C23H35NO4. The fourth-order valence-corrected chi connectivity index (χ4v) is 5.29. The number of carboxylic acid groups (broad SMARTS) is 1. The van der Waals surface area contributed by atoms with Gasteiger partial charge in [-0.25, -0.2) is 4.79 Å². The van der Waals surface area contributed by atoms with E-state index in [1.165, 1.54) is 18.4 Å². The Kier molecular flexibility index (Phi) is 7.00. The minimum absolute atomic E-state index is 0.207. The molecule has 0 heterocycles. The third-order valence-electron chi connectivity index (χ3n) is 6.90. The van der Waals surface area contributed by atoms with Gasteiger partial charge in [-0.3, -0.25) is 0 Å². The van der Waals surface area contributed by atoms with Crippen LogP contribution in [0.15, 0.2) is 18.2 Å². The van der Waals surface area contributed by atoms with Gasteiger partial charge >= 0.3 is 5.97 Å². The van der Waals surface area contributed by atoms with E-state index in [2.05, 4.69) is 13.0 Å². The molecule has 0 aliphatic heterocycles. The van der Waals surface area contributed by atoms with E-state index >= 15 is 0 Å². The first-order valence-electron chi connectivity index (χ1n) is 10.9. The number of aliphatic hydroxyl groups is 1. The molecule has 1 aromatic carbocycles. The van der Waals surface area contributed by atoms with Crippen molar-refractivity contribution in [2.75, 3.05) is 6.61 Å². The molecule has 0 radical (unpaired) electrons. The molecule has 5 heteroatoms. The largest absolute Gasteiger partial charge is 0.482 e. The molecule has 2 aliphatic rings. The van der Waals surface area contributed by atoms with E-state index < -0.39 is 5.97 Å². The van der Waals surface area contributed by atoms with Crippen LogP contribution in [0.5, 0.6) is 5.75 Å². The number of unbranched alkanes of at least 4 members (excludes halogenated alkanes) is 2. The van der Waals surface area contributed by atoms with Crippen LogP contribution >= 0.6 is 0 Å². The van der Waals surface area contributed by atoms with Crippen LogP contribution in [0, 0.1) is 11.8 Å². The zero-order valence-corrected chi connectivity index (χ0v) is 17.0. The molecule has 0 spiro atoms. The summed E-state index contributed by atoms with van der Waals surface area (Å²) in [6, 6.07) is 5.90. The maximum Gasteiger partial charge on any atom is 0.341 e. The highest BCUT2D eigenvalue weighted by Crippen LogP contribution is 2.49. The lowest BCUT2D eigenvalue weighted by molar-refractivity contribution is -0.139. The summed E-state index contributed by atoms with van der Waals surface area (Å²) in [6.45, 7) is 1.87. The Bertz CT molecular complexity index is 677. The minimum Gasteiger partial charge on any atom is -0.482 e. The normalized spacial score (nSPS) is 27.1. The van der Waals surface area contributed by atoms with E-state index in [9.17, 15) is 9.90 Å². The quantitative estimate of drug-likeness (QED) is 0.531. The highest BCUT2D eigenvalue weighted by Gasteiger charge is 2.49. The van der Waals surface area contributed by atoms with E-state index in [1.54, 1.807) is 0 Å². The summed E-state index contributed by atoms with van der Waals surface area (Å²) >= 11 is 0. The van der Waals surface area contributed by atoms with Gasteiger partial charge in [0, 0.05) is 5.54 Å². The lowest BCUT2D eigenvalue weighted by Gasteiger charge is -2.42. The molecule has 0 aromatic heterocycles. The van der Waals surface area contributed by atoms with Crippen molar-refractivity contribution in [2.24, 2.45) is 17.6 Å². The number of hydrogen-bond acceptors (Lipinski definition) is 4. The Labute approximate surface area is 168 Å². The molecule has 1 saturated carbocycles. The predicted molar refractivity (Wildman–Crippen MR) is 109 cm³/mol. The number of benzene rings is 1. The lowest BCUT2D eigenvalue weighted by atomic mass is 9.68. The number of aliphatic hydroxyl groups excluding tert-OH is 1. The Morgan fingerprint density at radius 3 is 2.89 bits per heavy atom. The van der Waals surface area contributed by atoms with Crippen molar-refractivity contribution < 1.29 is 19.7 Å². The van der Waals surface area contributed by atoms with Gasteiger partial charge in [0.2, 0.25) is 0 Å². The summed E-state index contributed by atoms with van der Waals surface area (Å²) in [5.41, 5.74) is 9.09. The van der Waals surface area contributed by atoms with Crippen molar-refractivity contribution in [3.05, 3.63) is 29.3 Å². The van der Waals surface area contributed by atoms with Gasteiger partial charge in [-0.2, -0.15) is 0 Å². The Morgan fingerprint density at radius 1 is 1.32 bits per heavy atom. The number of nitrogens with two attached hydrogens (primary N) is 1. The number of ether oxygens (including phenoxy) is 1. The van der Waals surface area contributed by atoms with Crippen molar-refractivity contribution in [3.63, 3.8) is 0 Å². The second-order valence-corrected chi connectivity index (χ2v) is 8.77. The Morgan fingerprint density at radius 2 is 2.14 bits per heavy atom. The number of carboxylic acids is 1. The first-order chi connectivity index (χ1) is 13.4. The predicted octanol–water partition coefficient (Wildman–Crippen LogP) is 3.69. The van der Waals surface area contributed by atoms with E-state index in [1.807, 2.05) is 12.1 Å². The Hall–Kier alpha value is -1.59. The van der Waals surface area contributed by atoms with E-state index in [-0.39, 0.29) is 18.2 Å². The second kappa shape index (κ2) is 9.27. The molecule has 1 fully saturated rings. The first-order valence-corrected chi connectivity index (χ1v) is 10.9. The molecule has 0 saturated heterocycles. The molecule has 1 aromatic rings. The molecule has 3 rings (SSSR count). The third-order valence-corrected chi connectivity index (χ3v) is 6.90. The van der Waals surface area contributed by atoms with E-state index in [4.69, 9.17) is 15.6 Å².